The Hall–Kier alpha value is -0.505. The number of hydrogen-bond donors (Lipinski definition) is 2. The molecule has 0 aliphatic rings. The van der Waals surface area contributed by atoms with Crippen LogP contribution in [-0.2, 0) is 4.79 Å². The molecule has 4 heteroatoms. The molecule has 0 saturated heterocycles. The summed E-state index contributed by atoms with van der Waals surface area (Å²) in [4.78, 5) is 9.74. The zero-order chi connectivity index (χ0) is 4.99. The van der Waals surface area contributed by atoms with Crippen LogP contribution in [0.2, 0.25) is 0 Å². The van der Waals surface area contributed by atoms with Gasteiger partial charge in [-0.1, -0.05) is 0 Å². The van der Waals surface area contributed by atoms with Gasteiger partial charge in [-0.3, -0.25) is 4.79 Å². The normalized spacial score (nSPS) is 7.00. The summed E-state index contributed by atoms with van der Waals surface area (Å²) in [6.07, 6.45) is 0. The molecule has 3 nitrogen and oxygen atoms in total. The van der Waals surface area contributed by atoms with E-state index in [2.05, 4.69) is 0 Å². The van der Waals surface area contributed by atoms with Crippen LogP contribution in [-0.4, -0.2) is 18.5 Å². The lowest BCUT2D eigenvalue weighted by Gasteiger charge is -1.85. The molecule has 0 rings (SSSR count). The number of hydrogen-bond acceptors (Lipinski definition) is 2. The van der Waals surface area contributed by atoms with Gasteiger partial charge in [0.25, 0.3) is 0 Å². The average Bonchev–Trinajstić information content (AvgIpc) is 1.35. The number of carbonyl (C=O) groups excluding carboxylic acids is 1. The molecule has 0 unspecified atom stereocenters. The van der Waals surface area contributed by atoms with E-state index in [1.165, 1.54) is 6.92 Å². The highest BCUT2D eigenvalue weighted by atomic mass is 16.2. The topological polar surface area (TPSA) is 49.3 Å². The number of carbonyl (C=O) groups is 1. The fourth-order valence-corrected chi connectivity index (χ4v) is 0.0909. The fraction of sp³-hybridized carbons (Fsp3) is 0.500. The quantitative estimate of drug-likeness (QED) is 0.387. The van der Waals surface area contributed by atoms with Crippen LogP contribution in [0.5, 0.6) is 0 Å². The van der Waals surface area contributed by atoms with Crippen molar-refractivity contribution in [2.24, 2.45) is 0 Å². The Bertz CT molecular complexity index is 55.5. The van der Waals surface area contributed by atoms with Gasteiger partial charge in [0.1, 0.15) is 0 Å². The first kappa shape index (κ1) is 5.49. The molecule has 0 aromatic rings. The molecule has 0 aromatic heterocycles. The van der Waals surface area contributed by atoms with Gasteiger partial charge in [-0.05, 0) is 0 Å². The van der Waals surface area contributed by atoms with Crippen LogP contribution >= 0.6 is 0 Å². The fourth-order valence-electron chi connectivity index (χ4n) is 0.0909. The third-order valence-electron chi connectivity index (χ3n) is 0.268. The minimum Gasteiger partial charge on any atom is -0.435 e. The van der Waals surface area contributed by atoms with E-state index >= 15 is 0 Å². The molecular weight excluding hydrogens is 80.8 g/mol. The second kappa shape index (κ2) is 2.72. The molecule has 0 bridgehead atoms. The second-order valence-corrected chi connectivity index (χ2v) is 0.830. The molecule has 1 amide bonds. The summed E-state index contributed by atoms with van der Waals surface area (Å²) >= 11 is 0. The molecule has 0 aliphatic heterocycles. The monoisotopic (exact) mass is 86.0 g/mol. The van der Waals surface area contributed by atoms with Gasteiger partial charge >= 0.3 is 7.62 Å². The molecule has 33 valence electrons. The molecule has 0 aliphatic carbocycles. The first-order valence-corrected chi connectivity index (χ1v) is 1.50. The van der Waals surface area contributed by atoms with E-state index in [9.17, 15) is 4.79 Å². The Morgan fingerprint density at radius 1 is 2.00 bits per heavy atom. The molecule has 0 fully saturated rings. The molecule has 0 heterocycles. The third-order valence-corrected chi connectivity index (χ3v) is 0.268. The summed E-state index contributed by atoms with van der Waals surface area (Å²) < 4.78 is 0. The summed E-state index contributed by atoms with van der Waals surface area (Å²) in [6, 6.07) is 0. The van der Waals surface area contributed by atoms with Gasteiger partial charge < -0.3 is 10.3 Å². The predicted molar refractivity (Wildman–Crippen MR) is 21.8 cm³/mol. The predicted octanol–water partition coefficient (Wildman–Crippen LogP) is -1.35. The van der Waals surface area contributed by atoms with Crippen molar-refractivity contribution >= 4 is 13.5 Å². The highest BCUT2D eigenvalue weighted by Crippen LogP contribution is 1.48. The van der Waals surface area contributed by atoms with Crippen LogP contribution in [0.4, 0.5) is 0 Å². The molecule has 0 aromatic carbocycles. The highest BCUT2D eigenvalue weighted by Gasteiger charge is 1.84. The first-order chi connectivity index (χ1) is 2.77. The molecule has 0 saturated carbocycles. The number of rotatable bonds is 1. The van der Waals surface area contributed by atoms with E-state index in [0.717, 1.165) is 0 Å². The van der Waals surface area contributed by atoms with Crippen LogP contribution in [0.15, 0.2) is 0 Å². The van der Waals surface area contributed by atoms with Crippen LogP contribution in [0.25, 0.3) is 0 Å². The maximum absolute atomic E-state index is 9.74. The lowest BCUT2D eigenvalue weighted by Crippen LogP contribution is -2.23. The maximum atomic E-state index is 9.74. The minimum atomic E-state index is -0.266. The smallest absolute Gasteiger partial charge is 0.435 e. The molecular formula is C2H5BNO2. The number of nitrogens with one attached hydrogen (secondary N) is 1. The van der Waals surface area contributed by atoms with Crippen molar-refractivity contribution in [1.82, 2.24) is 5.23 Å². The van der Waals surface area contributed by atoms with Crippen molar-refractivity contribution < 1.29 is 9.82 Å². The van der Waals surface area contributed by atoms with Crippen LogP contribution in [0.1, 0.15) is 6.92 Å². The Kier molecular flexibility index (Phi) is 2.49. The summed E-state index contributed by atoms with van der Waals surface area (Å²) in [5.41, 5.74) is 0. The van der Waals surface area contributed by atoms with E-state index in [1.807, 2.05) is 5.23 Å². The van der Waals surface area contributed by atoms with Crippen LogP contribution in [0.3, 0.4) is 0 Å². The van der Waals surface area contributed by atoms with E-state index in [0.29, 0.717) is 7.62 Å². The van der Waals surface area contributed by atoms with Crippen molar-refractivity contribution in [3.63, 3.8) is 0 Å². The second-order valence-electron chi connectivity index (χ2n) is 0.830. The molecule has 1 radical (unpaired) electrons. The van der Waals surface area contributed by atoms with E-state index in [-0.39, 0.29) is 5.91 Å². The van der Waals surface area contributed by atoms with E-state index in [4.69, 9.17) is 5.02 Å². The van der Waals surface area contributed by atoms with Gasteiger partial charge in [0.2, 0.25) is 5.91 Å². The van der Waals surface area contributed by atoms with Gasteiger partial charge in [-0.25, -0.2) is 0 Å². The van der Waals surface area contributed by atoms with Gasteiger partial charge in [-0.2, -0.15) is 0 Å². The van der Waals surface area contributed by atoms with Gasteiger partial charge in [0, 0.05) is 6.92 Å². The standard InChI is InChI=1S/C2H5BNO2/c1-2(5)4-3-6/h6H,1H3,(H,4,5). The van der Waals surface area contributed by atoms with Crippen LogP contribution < -0.4 is 5.23 Å². The first-order valence-electron chi connectivity index (χ1n) is 1.50. The van der Waals surface area contributed by atoms with Crippen molar-refractivity contribution in [2.75, 3.05) is 0 Å². The van der Waals surface area contributed by atoms with Gasteiger partial charge in [0.15, 0.2) is 0 Å². The number of amides is 1. The summed E-state index contributed by atoms with van der Waals surface area (Å²) in [5.74, 6) is -0.266. The minimum absolute atomic E-state index is 0.266. The maximum Gasteiger partial charge on any atom is 0.435 e. The largest absolute Gasteiger partial charge is 0.435 e. The highest BCUT2D eigenvalue weighted by molar-refractivity contribution is 6.27. The lowest BCUT2D eigenvalue weighted by molar-refractivity contribution is -0.117. The molecule has 2 N–H and O–H groups in total. The Morgan fingerprint density at radius 3 is 2.50 bits per heavy atom. The summed E-state index contributed by atoms with van der Waals surface area (Å²) in [5, 5.41) is 9.78. The Balaban J connectivity index is 2.83. The van der Waals surface area contributed by atoms with Crippen LogP contribution in [0, 0.1) is 0 Å². The summed E-state index contributed by atoms with van der Waals surface area (Å²) in [7, 11) is 0.600. The molecule has 6 heavy (non-hydrogen) atoms. The SMILES string of the molecule is CC(=O)N[B]O. The zero-order valence-electron chi connectivity index (χ0n) is 3.43. The van der Waals surface area contributed by atoms with Gasteiger partial charge in [-0.15, -0.1) is 0 Å². The van der Waals surface area contributed by atoms with Crippen molar-refractivity contribution in [3.8, 4) is 0 Å². The van der Waals surface area contributed by atoms with Gasteiger partial charge in [0.05, 0.1) is 0 Å². The molecule has 0 atom stereocenters. The van der Waals surface area contributed by atoms with E-state index in [1.54, 1.807) is 0 Å². The van der Waals surface area contributed by atoms with Crippen molar-refractivity contribution in [1.29, 1.82) is 0 Å². The molecule has 0 spiro atoms. The zero-order valence-corrected chi connectivity index (χ0v) is 3.43. The summed E-state index contributed by atoms with van der Waals surface area (Å²) in [6.45, 7) is 1.31. The van der Waals surface area contributed by atoms with E-state index < -0.39 is 0 Å². The van der Waals surface area contributed by atoms with Crippen molar-refractivity contribution in [3.05, 3.63) is 0 Å². The Labute approximate surface area is 36.7 Å². The van der Waals surface area contributed by atoms with Crippen molar-refractivity contribution in [2.45, 2.75) is 6.92 Å². The Morgan fingerprint density at radius 2 is 2.50 bits per heavy atom. The lowest BCUT2D eigenvalue weighted by atomic mass is 10.3. The average molecular weight is 85.9 g/mol. The third kappa shape index (κ3) is 3.49.